The summed E-state index contributed by atoms with van der Waals surface area (Å²) < 4.78 is 43.8. The Morgan fingerprint density at radius 2 is 2.10 bits per heavy atom. The molecule has 0 heterocycles. The van der Waals surface area contributed by atoms with E-state index < -0.39 is 26.8 Å². The van der Waals surface area contributed by atoms with Crippen LogP contribution in [0.3, 0.4) is 0 Å². The number of methoxy groups -OCH3 is 1. The van der Waals surface area contributed by atoms with Crippen molar-refractivity contribution in [2.45, 2.75) is 18.2 Å². The standard InChI is InChI=1S/C11H16FN3O4S/c1-3-4-14-11(16)15-20(17,18)7-5-8(12)10(19-2)9(13)6-7/h5-6H,3-4,13H2,1-2H3,(H2,14,15,16). The maximum Gasteiger partial charge on any atom is 0.328 e. The third-order valence-corrected chi connectivity index (χ3v) is 3.63. The maximum absolute atomic E-state index is 13.6. The summed E-state index contributed by atoms with van der Waals surface area (Å²) in [6.45, 7) is 2.13. The van der Waals surface area contributed by atoms with Crippen LogP contribution < -0.4 is 20.5 Å². The van der Waals surface area contributed by atoms with Gasteiger partial charge in [-0.1, -0.05) is 6.92 Å². The molecule has 1 rings (SSSR count). The molecule has 20 heavy (non-hydrogen) atoms. The molecule has 0 aliphatic carbocycles. The van der Waals surface area contributed by atoms with Gasteiger partial charge in [0.15, 0.2) is 11.6 Å². The fourth-order valence-electron chi connectivity index (χ4n) is 1.41. The van der Waals surface area contributed by atoms with Crippen LogP contribution >= 0.6 is 0 Å². The second kappa shape index (κ2) is 6.42. The molecule has 0 spiro atoms. The molecule has 2 amide bonds. The van der Waals surface area contributed by atoms with Gasteiger partial charge in [0.05, 0.1) is 17.7 Å². The highest BCUT2D eigenvalue weighted by Gasteiger charge is 2.21. The maximum atomic E-state index is 13.6. The van der Waals surface area contributed by atoms with E-state index in [0.29, 0.717) is 13.0 Å². The van der Waals surface area contributed by atoms with Crippen LogP contribution in [0.2, 0.25) is 0 Å². The van der Waals surface area contributed by atoms with Crippen molar-refractivity contribution in [3.8, 4) is 5.75 Å². The molecule has 0 unspecified atom stereocenters. The first kappa shape index (κ1) is 16.0. The first-order chi connectivity index (χ1) is 9.31. The SMILES string of the molecule is CCCNC(=O)NS(=O)(=O)c1cc(N)c(OC)c(F)c1. The Morgan fingerprint density at radius 3 is 2.60 bits per heavy atom. The molecule has 0 aromatic heterocycles. The normalized spacial score (nSPS) is 10.9. The van der Waals surface area contributed by atoms with Gasteiger partial charge in [0, 0.05) is 6.54 Å². The van der Waals surface area contributed by atoms with Gasteiger partial charge in [-0.15, -0.1) is 0 Å². The van der Waals surface area contributed by atoms with Crippen LogP contribution in [0.15, 0.2) is 17.0 Å². The van der Waals surface area contributed by atoms with Gasteiger partial charge in [-0.05, 0) is 18.6 Å². The molecule has 1 aromatic carbocycles. The third-order valence-electron chi connectivity index (χ3n) is 2.32. The molecule has 0 aliphatic rings. The van der Waals surface area contributed by atoms with Gasteiger partial charge in [0.25, 0.3) is 10.0 Å². The molecule has 0 saturated heterocycles. The fourth-order valence-corrected chi connectivity index (χ4v) is 2.39. The van der Waals surface area contributed by atoms with E-state index in [9.17, 15) is 17.6 Å². The Kier molecular flexibility index (Phi) is 5.14. The predicted molar refractivity (Wildman–Crippen MR) is 71.4 cm³/mol. The van der Waals surface area contributed by atoms with Gasteiger partial charge in [-0.3, -0.25) is 0 Å². The van der Waals surface area contributed by atoms with Crippen LogP contribution in [0.1, 0.15) is 13.3 Å². The molecule has 0 bridgehead atoms. The number of carbonyl (C=O) groups is 1. The number of rotatable bonds is 5. The molecule has 0 fully saturated rings. The van der Waals surface area contributed by atoms with Gasteiger partial charge in [-0.2, -0.15) is 0 Å². The summed E-state index contributed by atoms with van der Waals surface area (Å²) in [5.41, 5.74) is 5.30. The van der Waals surface area contributed by atoms with Gasteiger partial charge in [0.1, 0.15) is 0 Å². The van der Waals surface area contributed by atoms with Crippen LogP contribution in [0.5, 0.6) is 5.75 Å². The fraction of sp³-hybridized carbons (Fsp3) is 0.364. The van der Waals surface area contributed by atoms with Crippen molar-refractivity contribution in [2.24, 2.45) is 0 Å². The molecule has 0 radical (unpaired) electrons. The van der Waals surface area contributed by atoms with E-state index in [1.807, 2.05) is 6.92 Å². The van der Waals surface area contributed by atoms with Crippen LogP contribution in [0, 0.1) is 5.82 Å². The van der Waals surface area contributed by atoms with Crippen molar-refractivity contribution in [3.63, 3.8) is 0 Å². The average molecular weight is 305 g/mol. The molecule has 0 atom stereocenters. The number of carbonyl (C=O) groups excluding carboxylic acids is 1. The molecule has 1 aromatic rings. The minimum absolute atomic E-state index is 0.179. The van der Waals surface area contributed by atoms with Gasteiger partial charge >= 0.3 is 6.03 Å². The van der Waals surface area contributed by atoms with Crippen LogP contribution in [-0.4, -0.2) is 28.1 Å². The van der Waals surface area contributed by atoms with Crippen molar-refractivity contribution in [1.82, 2.24) is 10.0 Å². The van der Waals surface area contributed by atoms with E-state index >= 15 is 0 Å². The number of nitrogens with one attached hydrogen (secondary N) is 2. The Morgan fingerprint density at radius 1 is 1.45 bits per heavy atom. The Bertz CT molecular complexity index is 581. The number of amides is 2. The molecule has 0 saturated carbocycles. The van der Waals surface area contributed by atoms with Crippen molar-refractivity contribution in [1.29, 1.82) is 0 Å². The lowest BCUT2D eigenvalue weighted by atomic mass is 10.3. The lowest BCUT2D eigenvalue weighted by Crippen LogP contribution is -2.39. The average Bonchev–Trinajstić information content (AvgIpc) is 2.35. The minimum atomic E-state index is -4.20. The van der Waals surface area contributed by atoms with E-state index in [1.54, 1.807) is 4.72 Å². The zero-order valence-corrected chi connectivity index (χ0v) is 11.9. The van der Waals surface area contributed by atoms with Gasteiger partial charge in [0.2, 0.25) is 0 Å². The number of nitrogens with two attached hydrogens (primary N) is 1. The third kappa shape index (κ3) is 3.73. The first-order valence-corrected chi connectivity index (χ1v) is 7.23. The zero-order valence-electron chi connectivity index (χ0n) is 11.1. The highest BCUT2D eigenvalue weighted by atomic mass is 32.2. The summed E-state index contributed by atoms with van der Waals surface area (Å²) in [5.74, 6) is -1.18. The molecular formula is C11H16FN3O4S. The Balaban J connectivity index is 3.02. The number of ether oxygens (including phenoxy) is 1. The van der Waals surface area contributed by atoms with Crippen LogP contribution in [-0.2, 0) is 10.0 Å². The number of nitrogen functional groups attached to an aromatic ring is 1. The highest BCUT2D eigenvalue weighted by Crippen LogP contribution is 2.28. The summed E-state index contributed by atoms with van der Waals surface area (Å²) in [7, 11) is -2.99. The smallest absolute Gasteiger partial charge is 0.328 e. The van der Waals surface area contributed by atoms with Crippen molar-refractivity contribution in [3.05, 3.63) is 17.9 Å². The quantitative estimate of drug-likeness (QED) is 0.697. The van der Waals surface area contributed by atoms with E-state index in [4.69, 9.17) is 5.73 Å². The van der Waals surface area contributed by atoms with Crippen molar-refractivity contribution in [2.75, 3.05) is 19.4 Å². The number of benzene rings is 1. The minimum Gasteiger partial charge on any atom is -0.492 e. The molecule has 112 valence electrons. The lowest BCUT2D eigenvalue weighted by molar-refractivity contribution is 0.246. The molecule has 9 heteroatoms. The monoisotopic (exact) mass is 305 g/mol. The van der Waals surface area contributed by atoms with Gasteiger partial charge < -0.3 is 15.8 Å². The number of hydrogen-bond donors (Lipinski definition) is 3. The molecule has 4 N–H and O–H groups in total. The number of urea groups is 1. The lowest BCUT2D eigenvalue weighted by Gasteiger charge is -2.11. The summed E-state index contributed by atoms with van der Waals surface area (Å²) in [4.78, 5) is 10.9. The van der Waals surface area contributed by atoms with Crippen LogP contribution in [0.25, 0.3) is 0 Å². The number of sulfonamides is 1. The predicted octanol–water partition coefficient (Wildman–Crippen LogP) is 0.814. The molecular weight excluding hydrogens is 289 g/mol. The second-order valence-electron chi connectivity index (χ2n) is 3.89. The van der Waals surface area contributed by atoms with E-state index in [0.717, 1.165) is 12.1 Å². The summed E-state index contributed by atoms with van der Waals surface area (Å²) in [5, 5.41) is 2.33. The molecule has 0 aliphatic heterocycles. The first-order valence-electron chi connectivity index (χ1n) is 5.75. The molecule has 7 nitrogen and oxygen atoms in total. The summed E-state index contributed by atoms with van der Waals surface area (Å²) in [6.07, 6.45) is 0.650. The van der Waals surface area contributed by atoms with Crippen molar-refractivity contribution >= 4 is 21.7 Å². The van der Waals surface area contributed by atoms with E-state index in [2.05, 4.69) is 10.1 Å². The summed E-state index contributed by atoms with van der Waals surface area (Å²) >= 11 is 0. The zero-order chi connectivity index (χ0) is 15.3. The second-order valence-corrected chi connectivity index (χ2v) is 5.57. The Hall–Kier alpha value is -2.03. The Labute approximate surface area is 116 Å². The summed E-state index contributed by atoms with van der Waals surface area (Å²) in [6, 6.07) is 0.851. The largest absolute Gasteiger partial charge is 0.492 e. The highest BCUT2D eigenvalue weighted by molar-refractivity contribution is 7.90. The topological polar surface area (TPSA) is 111 Å². The number of hydrogen-bond acceptors (Lipinski definition) is 5. The van der Waals surface area contributed by atoms with E-state index in [1.165, 1.54) is 7.11 Å². The van der Waals surface area contributed by atoms with E-state index in [-0.39, 0.29) is 11.4 Å². The number of anilines is 1. The van der Waals surface area contributed by atoms with Gasteiger partial charge in [-0.25, -0.2) is 22.3 Å². The van der Waals surface area contributed by atoms with Crippen LogP contribution in [0.4, 0.5) is 14.9 Å². The number of halogens is 1. The van der Waals surface area contributed by atoms with Crippen molar-refractivity contribution < 1.29 is 22.3 Å².